The second-order valence-corrected chi connectivity index (χ2v) is 9.80. The van der Waals surface area contributed by atoms with Crippen LogP contribution in [0.4, 0.5) is 10.5 Å². The maximum atomic E-state index is 13.4. The SMILES string of the molecule is CCCC[C@@H]1[C@H]2CCCN3CCC[C@@H](CN1C(=O)Nc1ccc(C(C)C)cc1)[C@@H]23. The van der Waals surface area contributed by atoms with Crippen molar-refractivity contribution in [1.82, 2.24) is 9.80 Å². The molecule has 160 valence electrons. The fourth-order valence-corrected chi connectivity index (χ4v) is 6.16. The van der Waals surface area contributed by atoms with Crippen LogP contribution in [0.15, 0.2) is 24.3 Å². The van der Waals surface area contributed by atoms with Crippen molar-refractivity contribution in [1.29, 1.82) is 0 Å². The molecule has 0 unspecified atom stereocenters. The van der Waals surface area contributed by atoms with Crippen molar-refractivity contribution in [2.24, 2.45) is 11.8 Å². The van der Waals surface area contributed by atoms with Gasteiger partial charge in [0.15, 0.2) is 0 Å². The van der Waals surface area contributed by atoms with Crippen molar-refractivity contribution in [2.45, 2.75) is 83.7 Å². The molecule has 4 heteroatoms. The molecule has 0 radical (unpaired) electrons. The summed E-state index contributed by atoms with van der Waals surface area (Å²) in [4.78, 5) is 18.4. The van der Waals surface area contributed by atoms with Crippen molar-refractivity contribution >= 4 is 11.7 Å². The number of benzene rings is 1. The first-order chi connectivity index (χ1) is 14.1. The minimum Gasteiger partial charge on any atom is -0.321 e. The number of amides is 2. The summed E-state index contributed by atoms with van der Waals surface area (Å²) in [6, 6.07) is 9.63. The number of hydrogen-bond donors (Lipinski definition) is 1. The van der Waals surface area contributed by atoms with Gasteiger partial charge in [-0.05, 0) is 80.6 Å². The topological polar surface area (TPSA) is 35.6 Å². The Bertz CT molecular complexity index is 684. The van der Waals surface area contributed by atoms with E-state index in [4.69, 9.17) is 0 Å². The molecule has 1 aromatic carbocycles. The van der Waals surface area contributed by atoms with E-state index in [0.717, 1.165) is 18.7 Å². The van der Waals surface area contributed by atoms with Gasteiger partial charge in [0.2, 0.25) is 0 Å². The van der Waals surface area contributed by atoms with Gasteiger partial charge in [0.05, 0.1) is 0 Å². The number of rotatable bonds is 5. The molecule has 0 saturated carbocycles. The molecular weight excluding hydrogens is 358 g/mol. The Kier molecular flexibility index (Phi) is 6.48. The average molecular weight is 398 g/mol. The lowest BCUT2D eigenvalue weighted by Crippen LogP contribution is -2.66. The van der Waals surface area contributed by atoms with Crippen LogP contribution in [0.1, 0.15) is 77.2 Å². The van der Waals surface area contributed by atoms with Crippen molar-refractivity contribution in [3.05, 3.63) is 29.8 Å². The van der Waals surface area contributed by atoms with Gasteiger partial charge in [-0.3, -0.25) is 4.90 Å². The van der Waals surface area contributed by atoms with Crippen LogP contribution in [0.5, 0.6) is 0 Å². The minimum absolute atomic E-state index is 0.115. The number of anilines is 1. The Labute approximate surface area is 177 Å². The number of nitrogens with zero attached hydrogens (tertiary/aromatic N) is 2. The highest BCUT2D eigenvalue weighted by atomic mass is 16.2. The molecule has 0 spiro atoms. The van der Waals surface area contributed by atoms with Crippen LogP contribution in [0, 0.1) is 11.8 Å². The number of hydrogen-bond acceptors (Lipinski definition) is 2. The zero-order valence-corrected chi connectivity index (χ0v) is 18.6. The number of carbonyl (C=O) groups excluding carboxylic acids is 1. The predicted molar refractivity (Wildman–Crippen MR) is 120 cm³/mol. The summed E-state index contributed by atoms with van der Waals surface area (Å²) in [6.45, 7) is 10.1. The Morgan fingerprint density at radius 1 is 1.14 bits per heavy atom. The molecule has 3 fully saturated rings. The molecule has 3 aliphatic heterocycles. The molecule has 3 saturated heterocycles. The fourth-order valence-electron chi connectivity index (χ4n) is 6.16. The number of urea groups is 1. The van der Waals surface area contributed by atoms with Crippen LogP contribution in [-0.2, 0) is 0 Å². The summed E-state index contributed by atoms with van der Waals surface area (Å²) in [5.74, 6) is 1.82. The zero-order valence-electron chi connectivity index (χ0n) is 18.6. The fraction of sp³-hybridized carbons (Fsp3) is 0.720. The number of piperidine rings is 3. The molecule has 4 rings (SSSR count). The first kappa shape index (κ1) is 20.7. The van der Waals surface area contributed by atoms with Gasteiger partial charge in [0.1, 0.15) is 0 Å². The highest BCUT2D eigenvalue weighted by Crippen LogP contribution is 2.43. The standard InChI is InChI=1S/C25H39N3O/c1-4-5-10-23-22-9-7-16-27-15-6-8-20(24(22)27)17-28(23)25(29)26-21-13-11-19(12-14-21)18(2)3/h11-14,18,20,22-24H,4-10,15-17H2,1-3H3,(H,26,29)/t20-,22+,23+,24-/m0/s1. The molecule has 2 amide bonds. The number of likely N-dealkylation sites (tertiary alicyclic amines) is 1. The van der Waals surface area contributed by atoms with Crippen LogP contribution in [0.25, 0.3) is 0 Å². The van der Waals surface area contributed by atoms with E-state index in [2.05, 4.69) is 60.2 Å². The number of carbonyl (C=O) groups is 1. The lowest BCUT2D eigenvalue weighted by atomic mass is 9.69. The van der Waals surface area contributed by atoms with E-state index in [-0.39, 0.29) is 6.03 Å². The average Bonchev–Trinajstić information content (AvgIpc) is 2.73. The van der Waals surface area contributed by atoms with E-state index in [1.807, 2.05) is 0 Å². The molecule has 0 bridgehead atoms. The van der Waals surface area contributed by atoms with Crippen LogP contribution >= 0.6 is 0 Å². The van der Waals surface area contributed by atoms with Gasteiger partial charge in [-0.25, -0.2) is 4.79 Å². The normalized spacial score (nSPS) is 29.6. The van der Waals surface area contributed by atoms with Gasteiger partial charge in [-0.15, -0.1) is 0 Å². The van der Waals surface area contributed by atoms with Crippen LogP contribution in [0.3, 0.4) is 0 Å². The third-order valence-corrected chi connectivity index (χ3v) is 7.62. The maximum absolute atomic E-state index is 13.4. The molecule has 1 aromatic rings. The van der Waals surface area contributed by atoms with Gasteiger partial charge in [0.25, 0.3) is 0 Å². The number of nitrogens with one attached hydrogen (secondary N) is 1. The van der Waals surface area contributed by atoms with E-state index < -0.39 is 0 Å². The van der Waals surface area contributed by atoms with Gasteiger partial charge >= 0.3 is 6.03 Å². The highest BCUT2D eigenvalue weighted by molar-refractivity contribution is 5.89. The lowest BCUT2D eigenvalue weighted by molar-refractivity contribution is -0.0617. The summed E-state index contributed by atoms with van der Waals surface area (Å²) in [7, 11) is 0. The molecule has 29 heavy (non-hydrogen) atoms. The second kappa shape index (κ2) is 9.07. The lowest BCUT2D eigenvalue weighted by Gasteiger charge is -2.57. The van der Waals surface area contributed by atoms with E-state index >= 15 is 0 Å². The number of unbranched alkanes of at least 4 members (excludes halogenated alkanes) is 1. The van der Waals surface area contributed by atoms with Gasteiger partial charge < -0.3 is 10.2 Å². The quantitative estimate of drug-likeness (QED) is 0.691. The highest BCUT2D eigenvalue weighted by Gasteiger charge is 2.49. The molecule has 0 aromatic heterocycles. The molecule has 4 nitrogen and oxygen atoms in total. The van der Waals surface area contributed by atoms with E-state index in [1.165, 1.54) is 57.2 Å². The minimum atomic E-state index is 0.115. The third kappa shape index (κ3) is 4.33. The molecule has 3 heterocycles. The molecule has 3 aliphatic rings. The molecule has 0 aliphatic carbocycles. The van der Waals surface area contributed by atoms with Crippen molar-refractivity contribution in [2.75, 3.05) is 25.0 Å². The smallest absolute Gasteiger partial charge is 0.321 e. The monoisotopic (exact) mass is 397 g/mol. The predicted octanol–water partition coefficient (Wildman–Crippen LogP) is 5.71. The summed E-state index contributed by atoms with van der Waals surface area (Å²) in [5.41, 5.74) is 2.24. The summed E-state index contributed by atoms with van der Waals surface area (Å²) in [5, 5.41) is 3.23. The molecular formula is C25H39N3O. The first-order valence-corrected chi connectivity index (χ1v) is 12.0. The molecule has 4 atom stereocenters. The molecule has 1 N–H and O–H groups in total. The van der Waals surface area contributed by atoms with E-state index in [9.17, 15) is 4.79 Å². The largest absolute Gasteiger partial charge is 0.322 e. The van der Waals surface area contributed by atoms with Crippen LogP contribution in [-0.4, -0.2) is 47.5 Å². The maximum Gasteiger partial charge on any atom is 0.322 e. The Hall–Kier alpha value is -1.55. The Morgan fingerprint density at radius 2 is 1.86 bits per heavy atom. The van der Waals surface area contributed by atoms with Gasteiger partial charge in [-0.2, -0.15) is 0 Å². The first-order valence-electron chi connectivity index (χ1n) is 12.0. The van der Waals surface area contributed by atoms with E-state index in [0.29, 0.717) is 29.8 Å². The van der Waals surface area contributed by atoms with Gasteiger partial charge in [-0.1, -0.05) is 45.7 Å². The summed E-state index contributed by atoms with van der Waals surface area (Å²) in [6.07, 6.45) is 8.72. The Morgan fingerprint density at radius 3 is 2.55 bits per heavy atom. The van der Waals surface area contributed by atoms with E-state index in [1.54, 1.807) is 0 Å². The van der Waals surface area contributed by atoms with Crippen LogP contribution in [0.2, 0.25) is 0 Å². The Balaban J connectivity index is 1.52. The summed E-state index contributed by atoms with van der Waals surface area (Å²) >= 11 is 0. The van der Waals surface area contributed by atoms with Gasteiger partial charge in [0, 0.05) is 24.3 Å². The zero-order chi connectivity index (χ0) is 20.4. The third-order valence-electron chi connectivity index (χ3n) is 7.62. The van der Waals surface area contributed by atoms with Crippen LogP contribution < -0.4 is 5.32 Å². The summed E-state index contributed by atoms with van der Waals surface area (Å²) < 4.78 is 0. The second-order valence-electron chi connectivity index (χ2n) is 9.80. The van der Waals surface area contributed by atoms with Crippen molar-refractivity contribution < 1.29 is 4.79 Å². The van der Waals surface area contributed by atoms with Crippen molar-refractivity contribution in [3.8, 4) is 0 Å². The van der Waals surface area contributed by atoms with Crippen molar-refractivity contribution in [3.63, 3.8) is 0 Å².